The van der Waals surface area contributed by atoms with Gasteiger partial charge in [0.2, 0.25) is 5.91 Å². The zero-order valence-corrected chi connectivity index (χ0v) is 79.0. The lowest BCUT2D eigenvalue weighted by molar-refractivity contribution is -0.384. The van der Waals surface area contributed by atoms with Gasteiger partial charge in [-0.1, -0.05) is 130 Å². The Morgan fingerprint density at radius 3 is 1.89 bits per heavy atom. The van der Waals surface area contributed by atoms with Crippen LogP contribution >= 0.6 is 11.3 Å². The molecule has 7 aromatic carbocycles. The van der Waals surface area contributed by atoms with E-state index in [-0.39, 0.29) is 57.1 Å². The number of piperazine rings is 2. The van der Waals surface area contributed by atoms with Gasteiger partial charge in [-0.3, -0.25) is 44.0 Å². The first-order valence-corrected chi connectivity index (χ1v) is 50.2. The molecule has 9 aromatic rings. The smallest absolute Gasteiger partial charge is 0.322 e. The number of benzene rings is 7. The number of ketones is 1. The number of Topliss-reactive ketones (excluding diaryl/α,β-unsaturated/α-hetero) is 1. The number of likely N-dealkylation sites (tertiary alicyclic amines) is 2. The summed E-state index contributed by atoms with van der Waals surface area (Å²) in [7, 11) is -3.40. The monoisotopic (exact) mass is 1830 g/mol. The first-order chi connectivity index (χ1) is 63.8. The number of aromatic nitrogens is 1. The van der Waals surface area contributed by atoms with Gasteiger partial charge in [-0.05, 0) is 232 Å². The van der Waals surface area contributed by atoms with E-state index >= 15 is 0 Å². The number of non-ortho nitro benzene ring substituents is 1. The van der Waals surface area contributed by atoms with Crippen molar-refractivity contribution in [2.45, 2.75) is 158 Å². The fourth-order valence-corrected chi connectivity index (χ4v) is 21.3. The van der Waals surface area contributed by atoms with E-state index in [0.29, 0.717) is 106 Å². The van der Waals surface area contributed by atoms with Crippen molar-refractivity contribution >= 4 is 90.7 Å². The molecule has 2 atom stereocenters. The third-order valence-electron chi connectivity index (χ3n) is 27.8. The first-order valence-electron chi connectivity index (χ1n) is 47.3. The van der Waals surface area contributed by atoms with Gasteiger partial charge in [-0.25, -0.2) is 22.6 Å². The van der Waals surface area contributed by atoms with Crippen molar-refractivity contribution in [3.05, 3.63) is 254 Å². The van der Waals surface area contributed by atoms with E-state index in [4.69, 9.17) is 14.5 Å². The second kappa shape index (κ2) is 44.1. The number of hydrogen-bond donors (Lipinski definition) is 2. The van der Waals surface area contributed by atoms with Crippen LogP contribution in [0.3, 0.4) is 0 Å². The number of nitrogens with one attached hydrogen (secondary N) is 2. The molecule has 132 heavy (non-hydrogen) atoms. The predicted octanol–water partition coefficient (Wildman–Crippen LogP) is 16.9. The van der Waals surface area contributed by atoms with Crippen LogP contribution in [0.5, 0.6) is 0 Å². The molecule has 10 heterocycles. The lowest BCUT2D eigenvalue weighted by Gasteiger charge is -2.48. The quantitative estimate of drug-likeness (QED) is 0.0434. The molecule has 2 aromatic heterocycles. The van der Waals surface area contributed by atoms with Gasteiger partial charge in [0.25, 0.3) is 17.5 Å². The highest BCUT2D eigenvalue weighted by Gasteiger charge is 2.52. The molecule has 1 saturated carbocycles. The van der Waals surface area contributed by atoms with Crippen molar-refractivity contribution < 1.29 is 51.2 Å². The van der Waals surface area contributed by atoms with E-state index in [1.54, 1.807) is 46.6 Å². The summed E-state index contributed by atoms with van der Waals surface area (Å²) in [6, 6.07) is 59.6. The number of thiophene rings is 1. The molecule has 0 bridgehead atoms. The van der Waals surface area contributed by atoms with Crippen LogP contribution in [0.15, 0.2) is 204 Å². The number of nitro benzene ring substituents is 1. The topological polar surface area (TPSA) is 250 Å². The van der Waals surface area contributed by atoms with Gasteiger partial charge >= 0.3 is 6.03 Å². The van der Waals surface area contributed by atoms with Crippen LogP contribution < -0.4 is 40.0 Å². The maximum absolute atomic E-state index is 14.6. The van der Waals surface area contributed by atoms with Crippen molar-refractivity contribution in [2.24, 2.45) is 5.92 Å². The third kappa shape index (κ3) is 23.9. The summed E-state index contributed by atoms with van der Waals surface area (Å²) >= 11 is 1.55. The van der Waals surface area contributed by atoms with Gasteiger partial charge in [0, 0.05) is 171 Å². The number of urea groups is 1. The zero-order valence-electron chi connectivity index (χ0n) is 77.4. The van der Waals surface area contributed by atoms with Gasteiger partial charge < -0.3 is 54.4 Å². The predicted molar refractivity (Wildman–Crippen MR) is 523 cm³/mol. The van der Waals surface area contributed by atoms with E-state index in [1.165, 1.54) is 85.4 Å². The molecule has 9 fully saturated rings. The van der Waals surface area contributed by atoms with Crippen molar-refractivity contribution in [1.29, 1.82) is 0 Å². The summed E-state index contributed by atoms with van der Waals surface area (Å²) in [6.45, 7) is 27.1. The number of nitrogens with zero attached hydrogens (tertiary/aromatic N) is 12. The number of anilines is 6. The highest BCUT2D eigenvalue weighted by Crippen LogP contribution is 2.43. The number of hydrogen-bond acceptors (Lipinski definition) is 20. The number of halogens is 1. The summed E-state index contributed by atoms with van der Waals surface area (Å²) < 4.78 is 49.7. The van der Waals surface area contributed by atoms with Crippen LogP contribution in [0.4, 0.5) is 49.1 Å². The minimum atomic E-state index is -3.40. The SMILES string of the molecule is CC(=O)c1ccc(N2CCN(C(=O)c3cc([N+](=O)[O-])ccc3N3CCCCC3)CC2)c(F)c1.CC(C)(C)c1ccc(CN2CCC(CN(C(=O)NC3CCOCC3)c3ccc(N4CCOCC4)nc3)CC2)cc1.Cc1ccc(N2CCN(C(=O)c3cc(S(C)(=O)=O)ccc3-c3ccsc3)CC2)cc1.O=C1NCN(c2ccccc2)C12CCN([C@@H]1CCCC[C@@H]1c1ccccc1)CC2. The number of ether oxygens (including phenoxy) is 2. The Labute approximate surface area is 781 Å². The fourth-order valence-electron chi connectivity index (χ4n) is 20.0. The number of pyridine rings is 1. The summed E-state index contributed by atoms with van der Waals surface area (Å²) in [6.07, 6.45) is 17.2. The van der Waals surface area contributed by atoms with Crippen LogP contribution in [-0.2, 0) is 36.1 Å². The maximum atomic E-state index is 14.6. The van der Waals surface area contributed by atoms with Crippen LogP contribution in [0.1, 0.15) is 170 Å². The number of carbonyl (C=O) groups excluding carboxylic acids is 5. The van der Waals surface area contributed by atoms with E-state index in [1.807, 2.05) is 49.9 Å². The molecule has 0 unspecified atom stereocenters. The van der Waals surface area contributed by atoms with Gasteiger partial charge in [0.15, 0.2) is 15.6 Å². The average Bonchev–Trinajstić information content (AvgIpc) is 1.63. The Morgan fingerprint density at radius 1 is 0.629 bits per heavy atom. The van der Waals surface area contributed by atoms with Crippen LogP contribution in [0, 0.1) is 28.8 Å². The number of morpholine rings is 1. The molecule has 8 aliphatic heterocycles. The van der Waals surface area contributed by atoms with Crippen molar-refractivity contribution in [2.75, 3.05) is 180 Å². The van der Waals surface area contributed by atoms with E-state index < -0.39 is 20.6 Å². The number of para-hydroxylation sites is 1. The molecule has 0 radical (unpaired) electrons. The molecule has 28 heteroatoms. The Balaban J connectivity index is 0.000000136. The van der Waals surface area contributed by atoms with Gasteiger partial charge in [-0.2, -0.15) is 11.3 Å². The molecular formula is C104H129FN14O11S2. The number of aryl methyl sites for hydroxylation is 1. The maximum Gasteiger partial charge on any atom is 0.322 e. The largest absolute Gasteiger partial charge is 0.381 e. The molecule has 1 spiro atoms. The van der Waals surface area contributed by atoms with E-state index in [9.17, 15) is 46.9 Å². The summed E-state index contributed by atoms with van der Waals surface area (Å²) in [5, 5.41) is 21.7. The molecular weight excluding hydrogens is 1700 g/mol. The van der Waals surface area contributed by atoms with Gasteiger partial charge in [-0.15, -0.1) is 0 Å². The number of amides is 5. The Kier molecular flexibility index (Phi) is 31.9. The Morgan fingerprint density at radius 2 is 1.27 bits per heavy atom. The molecule has 8 saturated heterocycles. The Bertz CT molecular complexity index is 5470. The summed E-state index contributed by atoms with van der Waals surface area (Å²) in [5.74, 6) is 1.22. The fraction of sp³-hybridized carbons (Fsp3) is 0.462. The van der Waals surface area contributed by atoms with Crippen LogP contribution in [0.2, 0.25) is 0 Å². The van der Waals surface area contributed by atoms with Crippen molar-refractivity contribution in [1.82, 2.24) is 35.2 Å². The number of sulfone groups is 1. The van der Waals surface area contributed by atoms with Crippen molar-refractivity contribution in [3.63, 3.8) is 0 Å². The molecule has 5 amide bonds. The zero-order chi connectivity index (χ0) is 92.5. The van der Waals surface area contributed by atoms with Crippen molar-refractivity contribution in [3.8, 4) is 11.1 Å². The molecule has 25 nitrogen and oxygen atoms in total. The molecule has 9 aliphatic rings. The van der Waals surface area contributed by atoms with Gasteiger partial charge in [0.05, 0.1) is 58.5 Å². The summed E-state index contributed by atoms with van der Waals surface area (Å²) in [5.41, 5.74) is 12.3. The standard InChI is InChI=1S/C32H47N5O3.C25H31N3O.C24H27FN4O4.C23H24N2O3S2/c1-32(2,3)27-6-4-25(5-7-27)23-35-14-10-26(11-15-35)24-37(31(38)34-28-12-18-39-19-13-28)29-8-9-30(33-22-29)36-16-20-40-21-17-36;29-24-25(28(19-26-24)21-11-5-2-6-12-21)15-17-27(18-16-25)23-14-8-7-13-22(23)20-9-3-1-4-10-20;1-17(30)18-5-7-23(21(25)15-18)27-11-13-28(14-12-27)24(31)20-16-19(29(32)33)6-8-22(20)26-9-3-2-4-10-26;1-17-3-5-19(6-4-17)24-10-12-25(13-11-24)23(26)22-15-20(30(2,27)28)7-8-21(22)18-9-14-29-16-18/h4-9,22,26,28H,10-21,23-24H2,1-3H3,(H,34,38);1-6,9-12,22-23H,7-8,13-19H2,(H,26,29);5-8,15-16H,2-4,9-14H2,1H3;3-9,14-16H,10-13H2,1-2H3/t;22-,23-;;/m.1../s1. The molecule has 18 rings (SSSR count). The third-order valence-corrected chi connectivity index (χ3v) is 29.6. The molecule has 1 aliphatic carbocycles. The van der Waals surface area contributed by atoms with Crippen LogP contribution in [-0.4, -0.2) is 236 Å². The number of piperidine rings is 3. The first kappa shape index (κ1) is 95.5. The normalized spacial score (nSPS) is 19.5. The second-order valence-corrected chi connectivity index (χ2v) is 40.4. The highest BCUT2D eigenvalue weighted by atomic mass is 32.2. The van der Waals surface area contributed by atoms with E-state index in [2.05, 4.69) is 177 Å². The number of nitro groups is 1. The number of rotatable bonds is 19. The lowest BCUT2D eigenvalue weighted by atomic mass is 9.77. The minimum absolute atomic E-state index is 0.0193. The molecule has 2 N–H and O–H groups in total. The second-order valence-electron chi connectivity index (χ2n) is 37.6. The highest BCUT2D eigenvalue weighted by molar-refractivity contribution is 7.90. The lowest BCUT2D eigenvalue weighted by Crippen LogP contribution is -2.58. The summed E-state index contributed by atoms with van der Waals surface area (Å²) in [4.78, 5) is 102. The Hall–Kier alpha value is -11.1. The van der Waals surface area contributed by atoms with Crippen LogP contribution in [0.25, 0.3) is 11.1 Å². The number of carbonyl (C=O) groups is 5. The molecule has 700 valence electrons. The average molecular weight is 1830 g/mol. The van der Waals surface area contributed by atoms with Gasteiger partial charge in [0.1, 0.15) is 17.2 Å². The van der Waals surface area contributed by atoms with E-state index in [0.717, 1.165) is 183 Å². The minimum Gasteiger partial charge on any atom is -0.381 e.